The molecule has 0 spiro atoms. The summed E-state index contributed by atoms with van der Waals surface area (Å²) in [5.74, 6) is 1.00. The summed E-state index contributed by atoms with van der Waals surface area (Å²) in [6, 6.07) is 0. The van der Waals surface area contributed by atoms with Crippen molar-refractivity contribution < 1.29 is 0 Å². The Bertz CT molecular complexity index is 181. The van der Waals surface area contributed by atoms with Crippen LogP contribution in [0, 0.1) is 11.3 Å². The molecule has 0 aromatic rings. The molecule has 2 heteroatoms. The van der Waals surface area contributed by atoms with Gasteiger partial charge in [-0.3, -0.25) is 0 Å². The predicted octanol–water partition coefficient (Wildman–Crippen LogP) is 2.29. The highest BCUT2D eigenvalue weighted by molar-refractivity contribution is 4.84. The van der Waals surface area contributed by atoms with E-state index in [4.69, 9.17) is 5.73 Å². The molecular weight excluding hydrogens is 184 g/mol. The number of nitrogens with one attached hydrogen (secondary N) is 1. The summed E-state index contributed by atoms with van der Waals surface area (Å²) < 4.78 is 0. The number of hydrogen-bond donors (Lipinski definition) is 2. The first kappa shape index (κ1) is 11.4. The molecule has 2 rings (SSSR count). The third-order valence-electron chi connectivity index (χ3n) is 4.31. The lowest BCUT2D eigenvalue weighted by molar-refractivity contribution is 0.181. The maximum Gasteiger partial charge on any atom is -0.00201 e. The van der Waals surface area contributed by atoms with E-state index < -0.39 is 0 Å². The van der Waals surface area contributed by atoms with E-state index in [0.29, 0.717) is 5.41 Å². The second-order valence-electron chi connectivity index (χ2n) is 5.66. The Balaban J connectivity index is 1.64. The summed E-state index contributed by atoms with van der Waals surface area (Å²) in [5.41, 5.74) is 6.46. The first-order valence-electron chi connectivity index (χ1n) is 6.75. The van der Waals surface area contributed by atoms with Crippen molar-refractivity contribution >= 4 is 0 Å². The zero-order valence-corrected chi connectivity index (χ0v) is 9.93. The smallest absolute Gasteiger partial charge is 0.00201 e. The Morgan fingerprint density at radius 2 is 1.87 bits per heavy atom. The number of hydrogen-bond acceptors (Lipinski definition) is 2. The van der Waals surface area contributed by atoms with E-state index in [9.17, 15) is 0 Å². The van der Waals surface area contributed by atoms with Crippen molar-refractivity contribution in [3.8, 4) is 0 Å². The molecule has 2 nitrogen and oxygen atoms in total. The lowest BCUT2D eigenvalue weighted by Gasteiger charge is -2.36. The molecule has 0 saturated heterocycles. The van der Waals surface area contributed by atoms with Gasteiger partial charge in [-0.2, -0.15) is 0 Å². The quantitative estimate of drug-likeness (QED) is 0.660. The van der Waals surface area contributed by atoms with E-state index in [1.807, 2.05) is 0 Å². The third kappa shape index (κ3) is 3.46. The zero-order chi connectivity index (χ0) is 10.6. The van der Waals surface area contributed by atoms with Crippen LogP contribution < -0.4 is 11.1 Å². The number of rotatable bonds is 6. The van der Waals surface area contributed by atoms with Crippen molar-refractivity contribution in [1.29, 1.82) is 0 Å². The van der Waals surface area contributed by atoms with Crippen LogP contribution in [0.4, 0.5) is 0 Å². The van der Waals surface area contributed by atoms with Gasteiger partial charge in [0.2, 0.25) is 0 Å². The monoisotopic (exact) mass is 210 g/mol. The van der Waals surface area contributed by atoms with Gasteiger partial charge in [0.25, 0.3) is 0 Å². The summed E-state index contributed by atoms with van der Waals surface area (Å²) >= 11 is 0. The molecule has 15 heavy (non-hydrogen) atoms. The van der Waals surface area contributed by atoms with Crippen molar-refractivity contribution in [2.45, 2.75) is 51.4 Å². The van der Waals surface area contributed by atoms with Crippen molar-refractivity contribution in [3.63, 3.8) is 0 Å². The van der Waals surface area contributed by atoms with Crippen LogP contribution >= 0.6 is 0 Å². The van der Waals surface area contributed by atoms with Crippen LogP contribution in [0.1, 0.15) is 51.4 Å². The topological polar surface area (TPSA) is 38.0 Å². The van der Waals surface area contributed by atoms with E-state index in [0.717, 1.165) is 12.5 Å². The molecule has 0 aromatic heterocycles. The van der Waals surface area contributed by atoms with Crippen LogP contribution in [-0.4, -0.2) is 19.6 Å². The van der Waals surface area contributed by atoms with Gasteiger partial charge in [-0.1, -0.05) is 19.3 Å². The lowest BCUT2D eigenvalue weighted by Crippen LogP contribution is -2.36. The summed E-state index contributed by atoms with van der Waals surface area (Å²) in [4.78, 5) is 0. The summed E-state index contributed by atoms with van der Waals surface area (Å²) in [7, 11) is 0. The van der Waals surface area contributed by atoms with Gasteiger partial charge in [-0.05, 0) is 63.1 Å². The molecule has 0 unspecified atom stereocenters. The van der Waals surface area contributed by atoms with Crippen LogP contribution in [0.5, 0.6) is 0 Å². The molecule has 0 amide bonds. The maximum atomic E-state index is 5.96. The van der Waals surface area contributed by atoms with E-state index in [2.05, 4.69) is 5.32 Å². The first-order valence-corrected chi connectivity index (χ1v) is 6.75. The second kappa shape index (κ2) is 5.31. The van der Waals surface area contributed by atoms with Gasteiger partial charge in [0.1, 0.15) is 0 Å². The summed E-state index contributed by atoms with van der Waals surface area (Å²) in [5, 5.41) is 3.60. The summed E-state index contributed by atoms with van der Waals surface area (Å²) in [6.07, 6.45) is 11.2. The molecule has 2 saturated carbocycles. The highest BCUT2D eigenvalue weighted by atomic mass is 14.9. The normalized spacial score (nSPS) is 25.4. The average molecular weight is 210 g/mol. The van der Waals surface area contributed by atoms with E-state index in [-0.39, 0.29) is 0 Å². The molecule has 0 heterocycles. The molecule has 0 bridgehead atoms. The van der Waals surface area contributed by atoms with Crippen LogP contribution in [0.15, 0.2) is 0 Å². The Kier molecular flexibility index (Phi) is 4.04. The van der Waals surface area contributed by atoms with Crippen LogP contribution in [0.2, 0.25) is 0 Å². The van der Waals surface area contributed by atoms with Crippen LogP contribution in [0.25, 0.3) is 0 Å². The molecule has 2 aliphatic rings. The fourth-order valence-corrected chi connectivity index (χ4v) is 2.84. The first-order chi connectivity index (χ1) is 7.35. The largest absolute Gasteiger partial charge is 0.330 e. The van der Waals surface area contributed by atoms with Gasteiger partial charge in [0, 0.05) is 0 Å². The van der Waals surface area contributed by atoms with Gasteiger partial charge in [0.05, 0.1) is 0 Å². The summed E-state index contributed by atoms with van der Waals surface area (Å²) in [6.45, 7) is 3.34. The van der Waals surface area contributed by atoms with Crippen LogP contribution in [-0.2, 0) is 0 Å². The Morgan fingerprint density at radius 3 is 2.47 bits per heavy atom. The molecule has 0 aromatic carbocycles. The molecule has 0 radical (unpaired) electrons. The van der Waals surface area contributed by atoms with Gasteiger partial charge < -0.3 is 11.1 Å². The van der Waals surface area contributed by atoms with Gasteiger partial charge in [-0.25, -0.2) is 0 Å². The highest BCUT2D eigenvalue weighted by Crippen LogP contribution is 2.38. The van der Waals surface area contributed by atoms with E-state index in [1.54, 1.807) is 0 Å². The molecule has 2 fully saturated rings. The average Bonchev–Trinajstić information content (AvgIpc) is 3.10. The van der Waals surface area contributed by atoms with Crippen molar-refractivity contribution in [1.82, 2.24) is 5.32 Å². The van der Waals surface area contributed by atoms with Crippen LogP contribution in [0.3, 0.4) is 0 Å². The predicted molar refractivity (Wildman–Crippen MR) is 64.8 cm³/mol. The maximum absolute atomic E-state index is 5.96. The Morgan fingerprint density at radius 1 is 1.13 bits per heavy atom. The van der Waals surface area contributed by atoms with E-state index in [1.165, 1.54) is 64.5 Å². The SMILES string of the molecule is NCC1(CCNCC2CC2)CCCCC1. The van der Waals surface area contributed by atoms with Crippen molar-refractivity contribution in [2.75, 3.05) is 19.6 Å². The van der Waals surface area contributed by atoms with Crippen molar-refractivity contribution in [2.24, 2.45) is 17.1 Å². The molecule has 0 atom stereocenters. The van der Waals surface area contributed by atoms with Gasteiger partial charge in [0.15, 0.2) is 0 Å². The minimum atomic E-state index is 0.495. The molecule has 3 N–H and O–H groups in total. The fraction of sp³-hybridized carbons (Fsp3) is 1.00. The minimum absolute atomic E-state index is 0.495. The molecule has 0 aliphatic heterocycles. The van der Waals surface area contributed by atoms with Gasteiger partial charge >= 0.3 is 0 Å². The zero-order valence-electron chi connectivity index (χ0n) is 9.93. The lowest BCUT2D eigenvalue weighted by atomic mass is 9.72. The number of nitrogens with two attached hydrogens (primary N) is 1. The van der Waals surface area contributed by atoms with Crippen molar-refractivity contribution in [3.05, 3.63) is 0 Å². The standard InChI is InChI=1S/C13H26N2/c14-11-13(6-2-1-3-7-13)8-9-15-10-12-4-5-12/h12,15H,1-11,14H2. The Hall–Kier alpha value is -0.0800. The third-order valence-corrected chi connectivity index (χ3v) is 4.31. The Labute approximate surface area is 94.0 Å². The molecule has 2 aliphatic carbocycles. The highest BCUT2D eigenvalue weighted by Gasteiger charge is 2.30. The second-order valence-corrected chi connectivity index (χ2v) is 5.66. The fourth-order valence-electron chi connectivity index (χ4n) is 2.84. The van der Waals surface area contributed by atoms with Gasteiger partial charge in [-0.15, -0.1) is 0 Å². The van der Waals surface area contributed by atoms with E-state index >= 15 is 0 Å². The molecule has 88 valence electrons. The minimum Gasteiger partial charge on any atom is -0.330 e. The molecular formula is C13H26N2.